The molecule has 0 aliphatic rings. The summed E-state index contributed by atoms with van der Waals surface area (Å²) in [6.07, 6.45) is 4.62. The van der Waals surface area contributed by atoms with Crippen molar-refractivity contribution in [2.45, 2.75) is 13.3 Å². The summed E-state index contributed by atoms with van der Waals surface area (Å²) < 4.78 is 0. The van der Waals surface area contributed by atoms with Crippen molar-refractivity contribution in [3.63, 3.8) is 0 Å². The maximum atomic E-state index is 5.89. The highest BCUT2D eigenvalue weighted by atomic mass is 14.9. The topological polar surface area (TPSA) is 63.8 Å². The fraction of sp³-hybridized carbons (Fsp3) is 0.176. The van der Waals surface area contributed by atoms with Gasteiger partial charge in [-0.1, -0.05) is 6.07 Å². The van der Waals surface area contributed by atoms with Gasteiger partial charge in [-0.2, -0.15) is 0 Å². The Kier molecular flexibility index (Phi) is 3.69. The minimum Gasteiger partial charge on any atom is -0.399 e. The summed E-state index contributed by atoms with van der Waals surface area (Å²) in [4.78, 5) is 8.67. The number of aromatic nitrogens is 2. The Morgan fingerprint density at radius 1 is 1.19 bits per heavy atom. The first kappa shape index (κ1) is 13.4. The Morgan fingerprint density at radius 3 is 2.90 bits per heavy atom. The molecule has 0 fully saturated rings. The normalized spacial score (nSPS) is 10.7. The molecule has 2 aromatic heterocycles. The summed E-state index contributed by atoms with van der Waals surface area (Å²) >= 11 is 0. The van der Waals surface area contributed by atoms with Gasteiger partial charge in [0.25, 0.3) is 0 Å². The molecule has 4 nitrogen and oxygen atoms in total. The van der Waals surface area contributed by atoms with E-state index in [4.69, 9.17) is 5.73 Å². The van der Waals surface area contributed by atoms with E-state index in [9.17, 15) is 0 Å². The molecule has 106 valence electrons. The predicted octanol–water partition coefficient (Wildman–Crippen LogP) is 3.18. The van der Waals surface area contributed by atoms with Crippen LogP contribution in [0.5, 0.6) is 0 Å². The highest BCUT2D eigenvalue weighted by molar-refractivity contribution is 5.93. The molecule has 2 heterocycles. The molecule has 21 heavy (non-hydrogen) atoms. The van der Waals surface area contributed by atoms with Crippen molar-refractivity contribution in [3.8, 4) is 0 Å². The average Bonchev–Trinajstić information content (AvgIpc) is 2.49. The second kappa shape index (κ2) is 5.79. The van der Waals surface area contributed by atoms with Crippen LogP contribution in [0.15, 0.2) is 48.8 Å². The molecule has 0 aliphatic carbocycles. The maximum Gasteiger partial charge on any atom is 0.0727 e. The zero-order chi connectivity index (χ0) is 14.7. The number of anilines is 2. The second-order valence-corrected chi connectivity index (χ2v) is 5.13. The third-order valence-electron chi connectivity index (χ3n) is 3.41. The summed E-state index contributed by atoms with van der Waals surface area (Å²) in [5.74, 6) is 0. The summed E-state index contributed by atoms with van der Waals surface area (Å²) in [7, 11) is 0. The molecule has 1 aromatic carbocycles. The summed E-state index contributed by atoms with van der Waals surface area (Å²) in [5, 5.41) is 4.54. The van der Waals surface area contributed by atoms with Crippen molar-refractivity contribution in [1.82, 2.24) is 9.97 Å². The van der Waals surface area contributed by atoms with E-state index in [1.165, 1.54) is 5.56 Å². The fourth-order valence-corrected chi connectivity index (χ4v) is 2.41. The van der Waals surface area contributed by atoms with E-state index in [2.05, 4.69) is 27.4 Å². The van der Waals surface area contributed by atoms with Gasteiger partial charge in [0, 0.05) is 41.4 Å². The van der Waals surface area contributed by atoms with Crippen LogP contribution in [0.4, 0.5) is 11.4 Å². The van der Waals surface area contributed by atoms with Crippen LogP contribution in [0.25, 0.3) is 10.9 Å². The van der Waals surface area contributed by atoms with Crippen molar-refractivity contribution in [2.24, 2.45) is 0 Å². The predicted molar refractivity (Wildman–Crippen MR) is 87.3 cm³/mol. The molecule has 0 saturated heterocycles. The van der Waals surface area contributed by atoms with Gasteiger partial charge in [-0.25, -0.2) is 0 Å². The second-order valence-electron chi connectivity index (χ2n) is 5.13. The molecule has 0 bridgehead atoms. The van der Waals surface area contributed by atoms with Gasteiger partial charge in [-0.05, 0) is 49.2 Å². The number of fused-ring (bicyclic) bond motifs is 1. The van der Waals surface area contributed by atoms with Gasteiger partial charge in [0.2, 0.25) is 0 Å². The third kappa shape index (κ3) is 3.11. The molecule has 3 rings (SSSR count). The molecule has 0 atom stereocenters. The van der Waals surface area contributed by atoms with Crippen LogP contribution >= 0.6 is 0 Å². The number of hydrogen-bond donors (Lipinski definition) is 2. The maximum absolute atomic E-state index is 5.89. The summed E-state index contributed by atoms with van der Waals surface area (Å²) in [6.45, 7) is 2.85. The van der Waals surface area contributed by atoms with Gasteiger partial charge >= 0.3 is 0 Å². The molecule has 0 amide bonds. The zero-order valence-electron chi connectivity index (χ0n) is 12.0. The van der Waals surface area contributed by atoms with E-state index < -0.39 is 0 Å². The highest BCUT2D eigenvalue weighted by Crippen LogP contribution is 2.25. The van der Waals surface area contributed by atoms with Crippen molar-refractivity contribution in [1.29, 1.82) is 0 Å². The van der Waals surface area contributed by atoms with Gasteiger partial charge in [-0.15, -0.1) is 0 Å². The molecule has 3 N–H and O–H groups in total. The van der Waals surface area contributed by atoms with E-state index in [0.29, 0.717) is 0 Å². The Balaban J connectivity index is 1.81. The lowest BCUT2D eigenvalue weighted by Crippen LogP contribution is -2.06. The van der Waals surface area contributed by atoms with E-state index >= 15 is 0 Å². The molecule has 0 unspecified atom stereocenters. The number of pyridine rings is 2. The molecule has 0 saturated carbocycles. The number of nitrogens with zero attached hydrogens (tertiary/aromatic N) is 2. The molecular formula is C17H18N4. The molecule has 0 aliphatic heterocycles. The quantitative estimate of drug-likeness (QED) is 0.719. The zero-order valence-corrected chi connectivity index (χ0v) is 12.0. The van der Waals surface area contributed by atoms with E-state index in [0.717, 1.165) is 40.9 Å². The Labute approximate surface area is 124 Å². The van der Waals surface area contributed by atoms with Crippen LogP contribution in [0.2, 0.25) is 0 Å². The van der Waals surface area contributed by atoms with Crippen LogP contribution in [0.3, 0.4) is 0 Å². The Bertz CT molecular complexity index is 753. The average molecular weight is 278 g/mol. The first-order valence-corrected chi connectivity index (χ1v) is 7.02. The number of nitrogen functional groups attached to an aromatic ring is 1. The number of benzene rings is 1. The number of nitrogens with two attached hydrogens (primary N) is 1. The fourth-order valence-electron chi connectivity index (χ4n) is 2.41. The van der Waals surface area contributed by atoms with E-state index in [1.807, 2.05) is 37.4 Å². The van der Waals surface area contributed by atoms with Crippen molar-refractivity contribution >= 4 is 22.3 Å². The number of hydrogen-bond acceptors (Lipinski definition) is 4. The van der Waals surface area contributed by atoms with Crippen molar-refractivity contribution in [3.05, 3.63) is 60.0 Å². The smallest absolute Gasteiger partial charge is 0.0727 e. The first-order chi connectivity index (χ1) is 10.2. The molecule has 3 aromatic rings. The van der Waals surface area contributed by atoms with Crippen molar-refractivity contribution in [2.75, 3.05) is 17.6 Å². The third-order valence-corrected chi connectivity index (χ3v) is 3.41. The van der Waals surface area contributed by atoms with Gasteiger partial charge in [-0.3, -0.25) is 9.97 Å². The lowest BCUT2D eigenvalue weighted by molar-refractivity contribution is 1.01. The molecular weight excluding hydrogens is 260 g/mol. The SMILES string of the molecule is Cc1cc(NCCc2cccnc2)c2cc(N)ccc2n1. The molecule has 0 spiro atoms. The van der Waals surface area contributed by atoms with E-state index in [-0.39, 0.29) is 0 Å². The van der Waals surface area contributed by atoms with Gasteiger partial charge in [0.05, 0.1) is 5.52 Å². The van der Waals surface area contributed by atoms with Crippen LogP contribution in [0, 0.1) is 6.92 Å². The highest BCUT2D eigenvalue weighted by Gasteiger charge is 2.04. The monoisotopic (exact) mass is 278 g/mol. The Morgan fingerprint density at radius 2 is 2.10 bits per heavy atom. The van der Waals surface area contributed by atoms with E-state index in [1.54, 1.807) is 6.20 Å². The van der Waals surface area contributed by atoms with Crippen LogP contribution in [0.1, 0.15) is 11.3 Å². The minimum atomic E-state index is 0.753. The van der Waals surface area contributed by atoms with Gasteiger partial charge < -0.3 is 11.1 Å². The van der Waals surface area contributed by atoms with Gasteiger partial charge in [0.15, 0.2) is 0 Å². The summed E-state index contributed by atoms with van der Waals surface area (Å²) in [5.41, 5.74) is 10.9. The van der Waals surface area contributed by atoms with Gasteiger partial charge in [0.1, 0.15) is 0 Å². The summed E-state index contributed by atoms with van der Waals surface area (Å²) in [6, 6.07) is 11.9. The Hall–Kier alpha value is -2.62. The minimum absolute atomic E-state index is 0.753. The molecule has 4 heteroatoms. The lowest BCUT2D eigenvalue weighted by Gasteiger charge is -2.11. The molecule has 0 radical (unpaired) electrons. The van der Waals surface area contributed by atoms with Crippen LogP contribution < -0.4 is 11.1 Å². The van der Waals surface area contributed by atoms with Crippen LogP contribution in [-0.4, -0.2) is 16.5 Å². The number of nitrogens with one attached hydrogen (secondary N) is 1. The van der Waals surface area contributed by atoms with Crippen LogP contribution in [-0.2, 0) is 6.42 Å². The number of aryl methyl sites for hydroxylation is 1. The first-order valence-electron chi connectivity index (χ1n) is 7.02. The standard InChI is InChI=1S/C17H18N4/c1-12-9-17(15-10-14(18)4-5-16(15)21-12)20-8-6-13-3-2-7-19-11-13/h2-5,7,9-11H,6,8,18H2,1H3,(H,20,21). The lowest BCUT2D eigenvalue weighted by atomic mass is 10.1. The number of rotatable bonds is 4. The largest absolute Gasteiger partial charge is 0.399 e. The van der Waals surface area contributed by atoms with Crippen molar-refractivity contribution < 1.29 is 0 Å².